The van der Waals surface area contributed by atoms with Gasteiger partial charge in [-0.3, -0.25) is 9.78 Å². The third-order valence-electron chi connectivity index (χ3n) is 7.95. The zero-order chi connectivity index (χ0) is 25.5. The Kier molecular flexibility index (Phi) is 6.36. The lowest BCUT2D eigenvalue weighted by Crippen LogP contribution is -2.42. The van der Waals surface area contributed by atoms with E-state index in [9.17, 15) is 4.79 Å². The van der Waals surface area contributed by atoms with Crippen LogP contribution in [0.25, 0.3) is 16.6 Å². The van der Waals surface area contributed by atoms with Gasteiger partial charge in [-0.1, -0.05) is 13.8 Å². The van der Waals surface area contributed by atoms with E-state index in [1.165, 1.54) is 11.1 Å². The van der Waals surface area contributed by atoms with Crippen LogP contribution in [0.2, 0.25) is 0 Å². The quantitative estimate of drug-likeness (QED) is 0.493. The summed E-state index contributed by atoms with van der Waals surface area (Å²) in [5.41, 5.74) is 8.91. The molecule has 0 aromatic carbocycles. The second-order valence-corrected chi connectivity index (χ2v) is 11.2. The third kappa shape index (κ3) is 5.21. The molecule has 2 N–H and O–H groups in total. The van der Waals surface area contributed by atoms with E-state index in [0.717, 1.165) is 80.1 Å². The summed E-state index contributed by atoms with van der Waals surface area (Å²) in [6, 6.07) is 8.33. The predicted molar refractivity (Wildman–Crippen MR) is 147 cm³/mol. The molecule has 2 aliphatic heterocycles. The Labute approximate surface area is 218 Å². The number of pyridine rings is 2. The molecule has 1 aliphatic carbocycles. The maximum atomic E-state index is 12.3. The first-order valence-corrected chi connectivity index (χ1v) is 13.6. The number of nitrogens with zero attached hydrogens (tertiary/aromatic N) is 5. The molecule has 37 heavy (non-hydrogen) atoms. The van der Waals surface area contributed by atoms with Gasteiger partial charge >= 0.3 is 0 Å². The number of hydrogen-bond donors (Lipinski definition) is 2. The molecule has 6 rings (SSSR count). The lowest BCUT2D eigenvalue weighted by molar-refractivity contribution is -0.134. The fourth-order valence-electron chi connectivity index (χ4n) is 5.38. The number of carbonyl (C=O) groups excluding carboxylic acids is 1. The topological polar surface area (TPSA) is 78.3 Å². The minimum Gasteiger partial charge on any atom is -0.342 e. The lowest BCUT2D eigenvalue weighted by Gasteiger charge is -2.34. The standard InChI is InChI=1S/C29H37N7O/c1-19(2)23-13-28(34(3)17-23)33-27-7-6-25-26(32-27)12-22(14-30-25)24-15-31-36(18-24)16-20-8-10-35(11-9-20)29(37)21-4-5-21/h6-7,12-14,17-21,31H,4-5,8-11,15-16H2,1-3H3,(H,32,33). The van der Waals surface area contributed by atoms with Crippen LogP contribution in [0.3, 0.4) is 0 Å². The minimum absolute atomic E-state index is 0.329. The summed E-state index contributed by atoms with van der Waals surface area (Å²) >= 11 is 0. The number of carbonyl (C=O) groups is 1. The largest absolute Gasteiger partial charge is 0.342 e. The number of nitrogens with one attached hydrogen (secondary N) is 2. The van der Waals surface area contributed by atoms with Crippen LogP contribution < -0.4 is 10.7 Å². The Morgan fingerprint density at radius 2 is 1.95 bits per heavy atom. The first-order chi connectivity index (χ1) is 17.9. The highest BCUT2D eigenvalue weighted by Crippen LogP contribution is 2.33. The van der Waals surface area contributed by atoms with E-state index in [0.29, 0.717) is 23.7 Å². The number of piperidine rings is 1. The van der Waals surface area contributed by atoms with E-state index < -0.39 is 0 Å². The minimum atomic E-state index is 0.329. The first-order valence-electron chi connectivity index (χ1n) is 13.6. The Morgan fingerprint density at radius 1 is 1.14 bits per heavy atom. The number of rotatable bonds is 7. The van der Waals surface area contributed by atoms with E-state index in [1.807, 2.05) is 18.3 Å². The summed E-state index contributed by atoms with van der Waals surface area (Å²) < 4.78 is 2.11. The molecular weight excluding hydrogens is 462 g/mol. The number of hydrogen-bond acceptors (Lipinski definition) is 6. The summed E-state index contributed by atoms with van der Waals surface area (Å²) in [5.74, 6) is 3.64. The summed E-state index contributed by atoms with van der Waals surface area (Å²) in [6.45, 7) is 7.97. The highest BCUT2D eigenvalue weighted by molar-refractivity contribution is 5.82. The van der Waals surface area contributed by atoms with Crippen LogP contribution in [0.15, 0.2) is 42.9 Å². The molecule has 8 nitrogen and oxygen atoms in total. The number of hydrazine groups is 1. The average molecular weight is 500 g/mol. The Bertz CT molecular complexity index is 1330. The van der Waals surface area contributed by atoms with Crippen molar-refractivity contribution in [2.75, 3.05) is 31.5 Å². The number of aromatic nitrogens is 3. The van der Waals surface area contributed by atoms with E-state index in [2.05, 4.69) is 75.6 Å². The molecule has 3 aliphatic rings. The molecule has 0 spiro atoms. The van der Waals surface area contributed by atoms with E-state index in [1.54, 1.807) is 0 Å². The van der Waals surface area contributed by atoms with Crippen LogP contribution in [0.1, 0.15) is 56.6 Å². The van der Waals surface area contributed by atoms with Crippen molar-refractivity contribution in [1.29, 1.82) is 0 Å². The van der Waals surface area contributed by atoms with Crippen LogP contribution >= 0.6 is 0 Å². The van der Waals surface area contributed by atoms with E-state index >= 15 is 0 Å². The van der Waals surface area contributed by atoms with Crippen molar-refractivity contribution in [2.45, 2.75) is 45.4 Å². The SMILES string of the molecule is CC(C)c1cc(Nc2ccc3ncc(C4=CN(CC5CCN(C(=O)C6CC6)CC5)NC4)cc3n2)n(C)c1. The van der Waals surface area contributed by atoms with Crippen molar-refractivity contribution in [2.24, 2.45) is 18.9 Å². The van der Waals surface area contributed by atoms with Crippen LogP contribution in [0, 0.1) is 11.8 Å². The molecular formula is C29H37N7O. The first kappa shape index (κ1) is 24.0. The van der Waals surface area contributed by atoms with Gasteiger partial charge in [0.1, 0.15) is 11.6 Å². The van der Waals surface area contributed by atoms with Gasteiger partial charge in [0, 0.05) is 63.3 Å². The molecule has 5 heterocycles. The summed E-state index contributed by atoms with van der Waals surface area (Å²) in [4.78, 5) is 24.0. The second-order valence-electron chi connectivity index (χ2n) is 11.2. The molecule has 194 valence electrons. The van der Waals surface area contributed by atoms with Gasteiger partial charge in [-0.15, -0.1) is 0 Å². The maximum absolute atomic E-state index is 12.3. The molecule has 1 saturated carbocycles. The van der Waals surface area contributed by atoms with Crippen molar-refractivity contribution >= 4 is 34.1 Å². The molecule has 0 atom stereocenters. The Balaban J connectivity index is 1.11. The number of aryl methyl sites for hydroxylation is 1. The van der Waals surface area contributed by atoms with Crippen LogP contribution in [-0.4, -0.2) is 56.5 Å². The molecule has 1 saturated heterocycles. The zero-order valence-corrected chi connectivity index (χ0v) is 22.1. The average Bonchev–Trinajstić information content (AvgIpc) is 3.54. The van der Waals surface area contributed by atoms with E-state index in [4.69, 9.17) is 4.98 Å². The van der Waals surface area contributed by atoms with Gasteiger partial charge in [-0.25, -0.2) is 10.4 Å². The fraction of sp³-hybridized carbons (Fsp3) is 0.483. The van der Waals surface area contributed by atoms with Gasteiger partial charge in [-0.05, 0) is 72.9 Å². The number of fused-ring (bicyclic) bond motifs is 1. The zero-order valence-electron chi connectivity index (χ0n) is 22.1. The molecule has 0 radical (unpaired) electrons. The Hall–Kier alpha value is -3.39. The molecule has 2 fully saturated rings. The van der Waals surface area contributed by atoms with Crippen molar-refractivity contribution < 1.29 is 4.79 Å². The molecule has 3 aromatic heterocycles. The number of likely N-dealkylation sites (tertiary alicyclic amines) is 1. The predicted octanol–water partition coefficient (Wildman–Crippen LogP) is 4.65. The molecule has 0 bridgehead atoms. The normalized spacial score (nSPS) is 18.6. The molecule has 8 heteroatoms. The summed E-state index contributed by atoms with van der Waals surface area (Å²) in [7, 11) is 2.05. The van der Waals surface area contributed by atoms with Gasteiger partial charge in [0.2, 0.25) is 5.91 Å². The molecule has 0 unspecified atom stereocenters. The number of anilines is 2. The third-order valence-corrected chi connectivity index (χ3v) is 7.95. The van der Waals surface area contributed by atoms with Crippen LogP contribution in [0.4, 0.5) is 11.6 Å². The van der Waals surface area contributed by atoms with E-state index in [-0.39, 0.29) is 0 Å². The van der Waals surface area contributed by atoms with Crippen molar-refractivity contribution in [1.82, 2.24) is 29.9 Å². The van der Waals surface area contributed by atoms with Crippen molar-refractivity contribution in [3.63, 3.8) is 0 Å². The monoisotopic (exact) mass is 499 g/mol. The smallest absolute Gasteiger partial charge is 0.225 e. The van der Waals surface area contributed by atoms with Crippen LogP contribution in [-0.2, 0) is 11.8 Å². The van der Waals surface area contributed by atoms with Gasteiger partial charge < -0.3 is 19.8 Å². The summed E-state index contributed by atoms with van der Waals surface area (Å²) in [5, 5.41) is 5.68. The second kappa shape index (κ2) is 9.82. The van der Waals surface area contributed by atoms with Gasteiger partial charge in [0.25, 0.3) is 0 Å². The highest BCUT2D eigenvalue weighted by atomic mass is 16.2. The van der Waals surface area contributed by atoms with Gasteiger partial charge in [0.05, 0.1) is 11.0 Å². The van der Waals surface area contributed by atoms with Crippen molar-refractivity contribution in [3.05, 3.63) is 54.0 Å². The highest BCUT2D eigenvalue weighted by Gasteiger charge is 2.35. The molecule has 3 aromatic rings. The maximum Gasteiger partial charge on any atom is 0.225 e. The number of amides is 1. The van der Waals surface area contributed by atoms with Crippen molar-refractivity contribution in [3.8, 4) is 0 Å². The lowest BCUT2D eigenvalue weighted by atomic mass is 9.96. The summed E-state index contributed by atoms with van der Waals surface area (Å²) in [6.07, 6.45) is 10.7. The Morgan fingerprint density at radius 3 is 2.68 bits per heavy atom. The van der Waals surface area contributed by atoms with Gasteiger partial charge in [-0.2, -0.15) is 0 Å². The fourth-order valence-corrected chi connectivity index (χ4v) is 5.38. The molecule has 1 amide bonds. The van der Waals surface area contributed by atoms with Crippen LogP contribution in [0.5, 0.6) is 0 Å². The van der Waals surface area contributed by atoms with Gasteiger partial charge in [0.15, 0.2) is 0 Å².